The van der Waals surface area contributed by atoms with E-state index in [4.69, 9.17) is 10.4 Å². The summed E-state index contributed by atoms with van der Waals surface area (Å²) in [5.41, 5.74) is 2.56. The van der Waals surface area contributed by atoms with Gasteiger partial charge in [0.1, 0.15) is 0 Å². The zero-order chi connectivity index (χ0) is 13.1. The summed E-state index contributed by atoms with van der Waals surface area (Å²) >= 11 is 0. The minimum atomic E-state index is -0.908. The molecule has 1 aromatic carbocycles. The summed E-state index contributed by atoms with van der Waals surface area (Å²) in [6.07, 6.45) is 2.09. The van der Waals surface area contributed by atoms with Gasteiger partial charge in [0.25, 0.3) is 0 Å². The van der Waals surface area contributed by atoms with Crippen LogP contribution in [0, 0.1) is 11.3 Å². The van der Waals surface area contributed by atoms with E-state index in [1.165, 1.54) is 0 Å². The molecule has 0 amide bonds. The molecule has 2 aromatic rings. The largest absolute Gasteiger partial charge is 0.478 e. The fourth-order valence-electron chi connectivity index (χ4n) is 1.81. The first kappa shape index (κ1) is 11.9. The van der Waals surface area contributed by atoms with Gasteiger partial charge in [-0.15, -0.1) is 0 Å². The van der Waals surface area contributed by atoms with E-state index in [-0.39, 0.29) is 0 Å². The van der Waals surface area contributed by atoms with Gasteiger partial charge in [-0.25, -0.2) is 4.79 Å². The number of nitriles is 1. The van der Waals surface area contributed by atoms with Crippen molar-refractivity contribution >= 4 is 22.9 Å². The number of carboxylic acid groups (broad SMARTS) is 1. The van der Waals surface area contributed by atoms with Crippen LogP contribution in [0.25, 0.3) is 17.0 Å². The third kappa shape index (κ3) is 2.25. The molecule has 90 valence electrons. The van der Waals surface area contributed by atoms with Gasteiger partial charge in [-0.05, 0) is 36.8 Å². The number of aromatic nitrogens is 1. The summed E-state index contributed by atoms with van der Waals surface area (Å²) in [6.45, 7) is 1.80. The zero-order valence-corrected chi connectivity index (χ0v) is 9.90. The van der Waals surface area contributed by atoms with Crippen molar-refractivity contribution in [2.45, 2.75) is 13.3 Å². The smallest absolute Gasteiger partial charge is 0.331 e. The van der Waals surface area contributed by atoms with Gasteiger partial charge < -0.3 is 10.1 Å². The maximum Gasteiger partial charge on any atom is 0.331 e. The molecule has 0 aliphatic carbocycles. The van der Waals surface area contributed by atoms with E-state index in [9.17, 15) is 4.79 Å². The van der Waals surface area contributed by atoms with Crippen molar-refractivity contribution < 1.29 is 9.90 Å². The molecule has 0 saturated carbocycles. The highest BCUT2D eigenvalue weighted by Crippen LogP contribution is 2.19. The molecule has 1 aromatic heterocycles. The van der Waals surface area contributed by atoms with E-state index in [1.807, 2.05) is 12.1 Å². The second-order valence-corrected chi connectivity index (χ2v) is 3.97. The Labute approximate surface area is 104 Å². The first-order valence-corrected chi connectivity index (χ1v) is 5.60. The number of fused-ring (bicyclic) bond motifs is 1. The number of benzene rings is 1. The maximum absolute atomic E-state index is 10.9. The van der Waals surface area contributed by atoms with Crippen molar-refractivity contribution in [1.29, 1.82) is 5.26 Å². The lowest BCUT2D eigenvalue weighted by Crippen LogP contribution is -1.98. The molecule has 18 heavy (non-hydrogen) atoms. The summed E-state index contributed by atoms with van der Waals surface area (Å²) < 4.78 is 0. The predicted octanol–water partition coefficient (Wildman–Crippen LogP) is 2.92. The standard InChI is InChI=1S/C14H12N2O2/c1-2-10(14(17)18)6-12-7-11-5-9(8-15)3-4-13(11)16-12/h3-7,16H,2H2,1H3,(H,17,18). The van der Waals surface area contributed by atoms with E-state index in [0.717, 1.165) is 16.6 Å². The lowest BCUT2D eigenvalue weighted by molar-refractivity contribution is -0.132. The van der Waals surface area contributed by atoms with Crippen LogP contribution in [0.15, 0.2) is 29.8 Å². The molecule has 2 N–H and O–H groups in total. The van der Waals surface area contributed by atoms with Gasteiger partial charge in [-0.1, -0.05) is 6.92 Å². The quantitative estimate of drug-likeness (QED) is 0.810. The Hall–Kier alpha value is -2.54. The highest BCUT2D eigenvalue weighted by molar-refractivity contribution is 5.93. The average Bonchev–Trinajstić information content (AvgIpc) is 2.76. The topological polar surface area (TPSA) is 76.9 Å². The van der Waals surface area contributed by atoms with Gasteiger partial charge in [0.15, 0.2) is 0 Å². The molecule has 0 atom stereocenters. The molecule has 0 radical (unpaired) electrons. The van der Waals surface area contributed by atoms with E-state index < -0.39 is 5.97 Å². The van der Waals surface area contributed by atoms with Crippen LogP contribution in [0.3, 0.4) is 0 Å². The molecule has 0 aliphatic rings. The van der Waals surface area contributed by atoms with Crippen molar-refractivity contribution in [1.82, 2.24) is 4.98 Å². The number of nitrogens with one attached hydrogen (secondary N) is 1. The molecule has 0 unspecified atom stereocenters. The maximum atomic E-state index is 10.9. The Kier molecular flexibility index (Phi) is 3.16. The van der Waals surface area contributed by atoms with Crippen LogP contribution in [0.2, 0.25) is 0 Å². The van der Waals surface area contributed by atoms with Gasteiger partial charge in [0.05, 0.1) is 11.6 Å². The molecule has 2 rings (SSSR count). The number of rotatable bonds is 3. The molecular weight excluding hydrogens is 228 g/mol. The molecule has 0 bridgehead atoms. The molecule has 0 fully saturated rings. The van der Waals surface area contributed by atoms with Crippen LogP contribution < -0.4 is 0 Å². The number of aromatic amines is 1. The number of hydrogen-bond acceptors (Lipinski definition) is 2. The van der Waals surface area contributed by atoms with E-state index >= 15 is 0 Å². The van der Waals surface area contributed by atoms with Gasteiger partial charge in [0, 0.05) is 22.2 Å². The summed E-state index contributed by atoms with van der Waals surface area (Å²) in [5.74, 6) is -0.908. The van der Waals surface area contributed by atoms with E-state index in [2.05, 4.69) is 11.1 Å². The SMILES string of the molecule is CCC(=Cc1cc2cc(C#N)ccc2[nH]1)C(=O)O. The first-order chi connectivity index (χ1) is 8.63. The third-order valence-corrected chi connectivity index (χ3v) is 2.76. The van der Waals surface area contributed by atoms with Gasteiger partial charge in [-0.3, -0.25) is 0 Å². The Morgan fingerprint density at radius 1 is 1.50 bits per heavy atom. The van der Waals surface area contributed by atoms with Crippen molar-refractivity contribution in [3.05, 3.63) is 41.1 Å². The number of hydrogen-bond donors (Lipinski definition) is 2. The summed E-state index contributed by atoms with van der Waals surface area (Å²) in [4.78, 5) is 14.0. The number of carboxylic acids is 1. The van der Waals surface area contributed by atoms with Crippen LogP contribution in [0.1, 0.15) is 24.6 Å². The summed E-state index contributed by atoms with van der Waals surface area (Å²) in [5, 5.41) is 18.7. The summed E-state index contributed by atoms with van der Waals surface area (Å²) in [7, 11) is 0. The monoisotopic (exact) mass is 240 g/mol. The first-order valence-electron chi connectivity index (χ1n) is 5.60. The molecule has 4 heteroatoms. The van der Waals surface area contributed by atoms with Crippen LogP contribution in [0.4, 0.5) is 0 Å². The summed E-state index contributed by atoms with van der Waals surface area (Å²) in [6, 6.07) is 9.23. The van der Waals surface area contributed by atoms with Crippen LogP contribution in [-0.4, -0.2) is 16.1 Å². The molecule has 0 saturated heterocycles. The van der Waals surface area contributed by atoms with Crippen molar-refractivity contribution in [3.63, 3.8) is 0 Å². The van der Waals surface area contributed by atoms with E-state index in [1.54, 1.807) is 25.1 Å². The van der Waals surface area contributed by atoms with Crippen molar-refractivity contribution in [2.75, 3.05) is 0 Å². The highest BCUT2D eigenvalue weighted by Gasteiger charge is 2.06. The minimum Gasteiger partial charge on any atom is -0.478 e. The molecule has 0 aliphatic heterocycles. The van der Waals surface area contributed by atoms with Gasteiger partial charge >= 0.3 is 5.97 Å². The Morgan fingerprint density at radius 3 is 2.89 bits per heavy atom. The van der Waals surface area contributed by atoms with E-state index in [0.29, 0.717) is 17.6 Å². The average molecular weight is 240 g/mol. The second-order valence-electron chi connectivity index (χ2n) is 3.97. The number of nitrogens with zero attached hydrogens (tertiary/aromatic N) is 1. The zero-order valence-electron chi connectivity index (χ0n) is 9.90. The van der Waals surface area contributed by atoms with Gasteiger partial charge in [-0.2, -0.15) is 5.26 Å². The molecule has 4 nitrogen and oxygen atoms in total. The lowest BCUT2D eigenvalue weighted by Gasteiger charge is -1.95. The number of H-pyrrole nitrogens is 1. The normalized spacial score (nSPS) is 11.4. The molecule has 0 spiro atoms. The Morgan fingerprint density at radius 2 is 2.28 bits per heavy atom. The predicted molar refractivity (Wildman–Crippen MR) is 68.9 cm³/mol. The number of carbonyl (C=O) groups is 1. The van der Waals surface area contributed by atoms with Gasteiger partial charge in [0.2, 0.25) is 0 Å². The Balaban J connectivity index is 2.48. The number of aliphatic carboxylic acids is 1. The van der Waals surface area contributed by atoms with Crippen molar-refractivity contribution in [2.24, 2.45) is 0 Å². The Bertz CT molecular complexity index is 675. The van der Waals surface area contributed by atoms with Crippen LogP contribution >= 0.6 is 0 Å². The second kappa shape index (κ2) is 4.76. The minimum absolute atomic E-state index is 0.349. The van der Waals surface area contributed by atoms with Crippen LogP contribution in [-0.2, 0) is 4.79 Å². The molecular formula is C14H12N2O2. The fourth-order valence-corrected chi connectivity index (χ4v) is 1.81. The van der Waals surface area contributed by atoms with Crippen molar-refractivity contribution in [3.8, 4) is 6.07 Å². The highest BCUT2D eigenvalue weighted by atomic mass is 16.4. The third-order valence-electron chi connectivity index (χ3n) is 2.76. The lowest BCUT2D eigenvalue weighted by atomic mass is 10.1. The fraction of sp³-hybridized carbons (Fsp3) is 0.143. The molecule has 1 heterocycles. The van der Waals surface area contributed by atoms with Crippen LogP contribution in [0.5, 0.6) is 0 Å².